The summed E-state index contributed by atoms with van der Waals surface area (Å²) in [6, 6.07) is 0.707. The number of halogens is 5. The zero-order valence-corrected chi connectivity index (χ0v) is 10.1. The summed E-state index contributed by atoms with van der Waals surface area (Å²) < 4.78 is 74.3. The molecule has 1 aromatic heterocycles. The second-order valence-electron chi connectivity index (χ2n) is 3.26. The van der Waals surface area contributed by atoms with E-state index in [1.165, 1.54) is 0 Å². The minimum Gasteiger partial charge on any atom is -0.493 e. The molecule has 0 bridgehead atoms. The number of esters is 1. The SMILES string of the molecule is COC(=O)c1cc(OC)c(OC(F)(F)F)c(C(F)F)n1. The highest BCUT2D eigenvalue weighted by atomic mass is 19.4. The van der Waals surface area contributed by atoms with Gasteiger partial charge in [-0.1, -0.05) is 0 Å². The van der Waals surface area contributed by atoms with Crippen molar-refractivity contribution in [1.82, 2.24) is 4.98 Å². The van der Waals surface area contributed by atoms with Crippen LogP contribution in [0.3, 0.4) is 0 Å². The Bertz CT molecular complexity index is 503. The summed E-state index contributed by atoms with van der Waals surface area (Å²) in [5, 5.41) is 0. The summed E-state index contributed by atoms with van der Waals surface area (Å²) in [6.45, 7) is 0. The Morgan fingerprint density at radius 3 is 2.30 bits per heavy atom. The lowest BCUT2D eigenvalue weighted by Crippen LogP contribution is -2.20. The van der Waals surface area contributed by atoms with Gasteiger partial charge in [-0.3, -0.25) is 0 Å². The third-order valence-electron chi connectivity index (χ3n) is 2.00. The minimum absolute atomic E-state index is 0.630. The molecule has 10 heteroatoms. The molecule has 0 saturated heterocycles. The summed E-state index contributed by atoms with van der Waals surface area (Å²) in [5.74, 6) is -3.13. The Morgan fingerprint density at radius 1 is 1.30 bits per heavy atom. The molecule has 0 amide bonds. The van der Waals surface area contributed by atoms with Gasteiger partial charge in [0.05, 0.1) is 14.2 Å². The molecule has 0 aliphatic rings. The Morgan fingerprint density at radius 2 is 1.90 bits per heavy atom. The van der Waals surface area contributed by atoms with Gasteiger partial charge in [-0.15, -0.1) is 13.2 Å². The number of methoxy groups -OCH3 is 2. The monoisotopic (exact) mass is 301 g/mol. The number of carbonyl (C=O) groups is 1. The molecule has 0 radical (unpaired) electrons. The summed E-state index contributed by atoms with van der Waals surface area (Å²) in [6.07, 6.45) is -8.63. The molecule has 1 rings (SSSR count). The van der Waals surface area contributed by atoms with E-state index in [1.807, 2.05) is 0 Å². The Balaban J connectivity index is 3.44. The van der Waals surface area contributed by atoms with Gasteiger partial charge in [0, 0.05) is 6.07 Å². The largest absolute Gasteiger partial charge is 0.573 e. The van der Waals surface area contributed by atoms with Crippen LogP contribution < -0.4 is 9.47 Å². The van der Waals surface area contributed by atoms with Crippen LogP contribution in [0.2, 0.25) is 0 Å². The van der Waals surface area contributed by atoms with E-state index in [9.17, 15) is 26.7 Å². The van der Waals surface area contributed by atoms with Crippen LogP contribution in [0.1, 0.15) is 22.6 Å². The lowest BCUT2D eigenvalue weighted by molar-refractivity contribution is -0.275. The fourth-order valence-corrected chi connectivity index (χ4v) is 1.26. The van der Waals surface area contributed by atoms with Crippen LogP contribution in [0.5, 0.6) is 11.5 Å². The van der Waals surface area contributed by atoms with Crippen molar-refractivity contribution in [2.24, 2.45) is 0 Å². The summed E-state index contributed by atoms with van der Waals surface area (Å²) in [5.41, 5.74) is -2.00. The Labute approximate surface area is 109 Å². The summed E-state index contributed by atoms with van der Waals surface area (Å²) in [7, 11) is 1.88. The molecule has 1 heterocycles. The molecule has 0 fully saturated rings. The highest BCUT2D eigenvalue weighted by molar-refractivity contribution is 5.88. The summed E-state index contributed by atoms with van der Waals surface area (Å²) >= 11 is 0. The number of aromatic nitrogens is 1. The molecule has 5 nitrogen and oxygen atoms in total. The maximum absolute atomic E-state index is 12.7. The first-order chi connectivity index (χ1) is 9.19. The maximum atomic E-state index is 12.7. The van der Waals surface area contributed by atoms with Crippen molar-refractivity contribution in [3.63, 3.8) is 0 Å². The number of hydrogen-bond donors (Lipinski definition) is 0. The normalized spacial score (nSPS) is 11.4. The maximum Gasteiger partial charge on any atom is 0.573 e. The zero-order chi connectivity index (χ0) is 15.5. The van der Waals surface area contributed by atoms with Crippen LogP contribution in [0.15, 0.2) is 6.07 Å². The van der Waals surface area contributed by atoms with Crippen LogP contribution in [0, 0.1) is 0 Å². The molecular formula is C10H8F5NO4. The number of carbonyl (C=O) groups excluding carboxylic acids is 1. The van der Waals surface area contributed by atoms with E-state index in [0.29, 0.717) is 6.07 Å². The van der Waals surface area contributed by atoms with Crippen LogP contribution >= 0.6 is 0 Å². The third kappa shape index (κ3) is 3.68. The van der Waals surface area contributed by atoms with E-state index in [-0.39, 0.29) is 0 Å². The average molecular weight is 301 g/mol. The highest BCUT2D eigenvalue weighted by Crippen LogP contribution is 2.39. The third-order valence-corrected chi connectivity index (χ3v) is 2.00. The molecule has 0 N–H and O–H groups in total. The van der Waals surface area contributed by atoms with Crippen molar-refractivity contribution in [3.8, 4) is 11.5 Å². The molecule has 112 valence electrons. The molecule has 0 aromatic carbocycles. The van der Waals surface area contributed by atoms with Crippen molar-refractivity contribution >= 4 is 5.97 Å². The van der Waals surface area contributed by atoms with Gasteiger partial charge in [-0.25, -0.2) is 18.6 Å². The van der Waals surface area contributed by atoms with Gasteiger partial charge in [0.1, 0.15) is 0 Å². The van der Waals surface area contributed by atoms with E-state index in [2.05, 4.69) is 19.2 Å². The molecule has 0 aliphatic heterocycles. The van der Waals surface area contributed by atoms with Crippen molar-refractivity contribution < 1.29 is 41.0 Å². The second kappa shape index (κ2) is 5.88. The second-order valence-corrected chi connectivity index (χ2v) is 3.26. The Kier molecular flexibility index (Phi) is 4.69. The van der Waals surface area contributed by atoms with Gasteiger partial charge in [-0.05, 0) is 0 Å². The molecule has 0 atom stereocenters. The number of nitrogens with zero attached hydrogens (tertiary/aromatic N) is 1. The number of pyridine rings is 1. The predicted octanol–water partition coefficient (Wildman–Crippen LogP) is 2.71. The van der Waals surface area contributed by atoms with Crippen molar-refractivity contribution in [1.29, 1.82) is 0 Å². The van der Waals surface area contributed by atoms with Crippen molar-refractivity contribution in [2.75, 3.05) is 14.2 Å². The molecule has 0 aliphatic carbocycles. The van der Waals surface area contributed by atoms with Crippen molar-refractivity contribution in [3.05, 3.63) is 17.5 Å². The van der Waals surface area contributed by atoms with E-state index >= 15 is 0 Å². The number of ether oxygens (including phenoxy) is 3. The van der Waals surface area contributed by atoms with Gasteiger partial charge in [-0.2, -0.15) is 0 Å². The van der Waals surface area contributed by atoms with Crippen molar-refractivity contribution in [2.45, 2.75) is 12.8 Å². The van der Waals surface area contributed by atoms with Gasteiger partial charge in [0.15, 0.2) is 22.9 Å². The lowest BCUT2D eigenvalue weighted by atomic mass is 10.2. The molecule has 0 spiro atoms. The van der Waals surface area contributed by atoms with Crippen LogP contribution in [0.4, 0.5) is 22.0 Å². The molecular weight excluding hydrogens is 293 g/mol. The van der Waals surface area contributed by atoms with E-state index in [1.54, 1.807) is 0 Å². The number of alkyl halides is 5. The van der Waals surface area contributed by atoms with E-state index in [4.69, 9.17) is 0 Å². The van der Waals surface area contributed by atoms with E-state index < -0.39 is 41.6 Å². The summed E-state index contributed by atoms with van der Waals surface area (Å²) in [4.78, 5) is 14.3. The molecule has 1 aromatic rings. The van der Waals surface area contributed by atoms with Crippen LogP contribution in [-0.2, 0) is 4.74 Å². The number of rotatable bonds is 4. The smallest absolute Gasteiger partial charge is 0.493 e. The first kappa shape index (κ1) is 15.9. The number of hydrogen-bond acceptors (Lipinski definition) is 5. The van der Waals surface area contributed by atoms with Gasteiger partial charge >= 0.3 is 12.3 Å². The fraction of sp³-hybridized carbons (Fsp3) is 0.400. The first-order valence-corrected chi connectivity index (χ1v) is 4.90. The quantitative estimate of drug-likeness (QED) is 0.632. The average Bonchev–Trinajstić information content (AvgIpc) is 2.35. The predicted molar refractivity (Wildman–Crippen MR) is 53.8 cm³/mol. The lowest BCUT2D eigenvalue weighted by Gasteiger charge is -2.16. The fourth-order valence-electron chi connectivity index (χ4n) is 1.26. The van der Waals surface area contributed by atoms with Gasteiger partial charge < -0.3 is 14.2 Å². The highest BCUT2D eigenvalue weighted by Gasteiger charge is 2.36. The molecule has 0 unspecified atom stereocenters. The molecule has 20 heavy (non-hydrogen) atoms. The molecule has 0 saturated carbocycles. The van der Waals surface area contributed by atoms with Gasteiger partial charge in [0.25, 0.3) is 6.43 Å². The first-order valence-electron chi connectivity index (χ1n) is 4.90. The minimum atomic E-state index is -5.22. The van der Waals surface area contributed by atoms with Gasteiger partial charge in [0.2, 0.25) is 0 Å². The van der Waals surface area contributed by atoms with Crippen LogP contribution in [0.25, 0.3) is 0 Å². The topological polar surface area (TPSA) is 57.7 Å². The van der Waals surface area contributed by atoms with E-state index in [0.717, 1.165) is 14.2 Å². The Hall–Kier alpha value is -2.13. The standard InChI is InChI=1S/C10H8F5NO4/c1-18-5-3-4(9(17)19-2)16-6(8(11)12)7(5)20-10(13,14)15/h3,8H,1-2H3. The van der Waals surface area contributed by atoms with Crippen LogP contribution in [-0.4, -0.2) is 31.5 Å². The zero-order valence-electron chi connectivity index (χ0n) is 10.1.